The van der Waals surface area contributed by atoms with Gasteiger partial charge in [0.25, 0.3) is 0 Å². The van der Waals surface area contributed by atoms with Crippen LogP contribution < -0.4 is 5.32 Å². The zero-order chi connectivity index (χ0) is 18.5. The van der Waals surface area contributed by atoms with Crippen LogP contribution in [0.25, 0.3) is 0 Å². The van der Waals surface area contributed by atoms with Crippen LogP contribution >= 0.6 is 0 Å². The van der Waals surface area contributed by atoms with Crippen molar-refractivity contribution >= 4 is 17.7 Å². The Balaban J connectivity index is 1.79. The minimum atomic E-state index is -0.681. The number of hydrogen-bond acceptors (Lipinski definition) is 4. The first-order chi connectivity index (χ1) is 12.5. The second kappa shape index (κ2) is 8.34. The van der Waals surface area contributed by atoms with Crippen molar-refractivity contribution in [2.45, 2.75) is 64.0 Å². The molecule has 1 aliphatic heterocycles. The number of carbonyl (C=O) groups is 2. The summed E-state index contributed by atoms with van der Waals surface area (Å²) >= 11 is 0. The van der Waals surface area contributed by atoms with E-state index >= 15 is 0 Å². The first-order valence-corrected chi connectivity index (χ1v) is 9.39. The van der Waals surface area contributed by atoms with Crippen molar-refractivity contribution in [1.29, 1.82) is 0 Å². The molecule has 0 saturated heterocycles. The maximum Gasteiger partial charge on any atom is 0.341 e. The predicted molar refractivity (Wildman–Crippen MR) is 98.2 cm³/mol. The van der Waals surface area contributed by atoms with Gasteiger partial charge in [0.1, 0.15) is 17.8 Å². The Bertz CT molecular complexity index is 693. The van der Waals surface area contributed by atoms with E-state index < -0.39 is 18.0 Å². The third kappa shape index (κ3) is 4.42. The Labute approximate surface area is 153 Å². The largest absolute Gasteiger partial charge is 0.508 e. The third-order valence-electron chi connectivity index (χ3n) is 5.16. The number of hydrogen-bond donors (Lipinski definition) is 2. The Kier molecular flexibility index (Phi) is 5.91. The number of esters is 1. The second-order valence-electron chi connectivity index (χ2n) is 7.16. The summed E-state index contributed by atoms with van der Waals surface area (Å²) in [6.45, 7) is 1.68. The molecule has 0 spiro atoms. The molecule has 26 heavy (non-hydrogen) atoms. The van der Waals surface area contributed by atoms with Gasteiger partial charge < -0.3 is 15.2 Å². The molecular weight excluding hydrogens is 332 g/mol. The van der Waals surface area contributed by atoms with Crippen LogP contribution in [-0.2, 0) is 9.53 Å². The molecule has 6 heteroatoms. The Morgan fingerprint density at radius 2 is 1.88 bits per heavy atom. The summed E-state index contributed by atoms with van der Waals surface area (Å²) in [7, 11) is 0. The monoisotopic (exact) mass is 358 g/mol. The number of phenolic OH excluding ortho intramolecular Hbond substituents is 1. The molecule has 0 bridgehead atoms. The fraction of sp³-hybridized carbons (Fsp3) is 0.550. The first-order valence-electron chi connectivity index (χ1n) is 9.39. The molecule has 1 aliphatic carbocycles. The van der Waals surface area contributed by atoms with Crippen molar-refractivity contribution in [3.05, 3.63) is 29.8 Å². The molecule has 1 fully saturated rings. The fourth-order valence-corrected chi connectivity index (χ4v) is 3.79. The number of carbonyl (C=O) groups excluding carboxylic acids is 2. The van der Waals surface area contributed by atoms with Gasteiger partial charge in [-0.3, -0.25) is 4.79 Å². The normalized spacial score (nSPS) is 24.8. The zero-order valence-electron chi connectivity index (χ0n) is 15.1. The summed E-state index contributed by atoms with van der Waals surface area (Å²) < 4.78 is 5.82. The molecule has 2 atom stereocenters. The zero-order valence-corrected chi connectivity index (χ0v) is 15.1. The van der Waals surface area contributed by atoms with Gasteiger partial charge in [-0.15, -0.1) is 0 Å². The van der Waals surface area contributed by atoms with Gasteiger partial charge in [-0.25, -0.2) is 9.79 Å². The van der Waals surface area contributed by atoms with Gasteiger partial charge in [-0.2, -0.15) is 0 Å². The highest BCUT2D eigenvalue weighted by Crippen LogP contribution is 2.31. The maximum absolute atomic E-state index is 12.9. The van der Waals surface area contributed by atoms with Crippen molar-refractivity contribution in [3.8, 4) is 5.75 Å². The molecule has 0 radical (unpaired) electrons. The number of phenols is 1. The molecule has 6 nitrogen and oxygen atoms in total. The highest BCUT2D eigenvalue weighted by Gasteiger charge is 2.39. The summed E-state index contributed by atoms with van der Waals surface area (Å²) in [4.78, 5) is 28.7. The van der Waals surface area contributed by atoms with E-state index in [1.54, 1.807) is 31.2 Å². The number of nitrogens with one attached hydrogen (secondary N) is 1. The van der Waals surface area contributed by atoms with Gasteiger partial charge in [0.05, 0.1) is 6.04 Å². The molecule has 2 N–H and O–H groups in total. The highest BCUT2D eigenvalue weighted by molar-refractivity contribution is 6.08. The Hall–Kier alpha value is -2.37. The molecule has 140 valence electrons. The topological polar surface area (TPSA) is 88.0 Å². The smallest absolute Gasteiger partial charge is 0.341 e. The van der Waals surface area contributed by atoms with Gasteiger partial charge in [0.2, 0.25) is 0 Å². The van der Waals surface area contributed by atoms with Crippen molar-refractivity contribution < 1.29 is 19.4 Å². The van der Waals surface area contributed by atoms with Gasteiger partial charge in [0, 0.05) is 5.71 Å². The second-order valence-corrected chi connectivity index (χ2v) is 7.16. The quantitative estimate of drug-likeness (QED) is 0.802. The van der Waals surface area contributed by atoms with Gasteiger partial charge >= 0.3 is 12.0 Å². The number of ether oxygens (including phenoxy) is 1. The SMILES string of the molecule is CC1=NC(=O)NC(c2cccc(O)c2)C1C(=O)OC1CCCCCCC1. The lowest BCUT2D eigenvalue weighted by Crippen LogP contribution is -2.45. The number of rotatable bonds is 3. The lowest BCUT2D eigenvalue weighted by atomic mass is 9.88. The molecule has 1 aromatic rings. The van der Waals surface area contributed by atoms with E-state index in [0.717, 1.165) is 25.7 Å². The third-order valence-corrected chi connectivity index (χ3v) is 5.16. The standard InChI is InChI=1S/C20H26N2O4/c1-13-17(19(24)26-16-10-5-3-2-4-6-11-16)18(22-20(25)21-13)14-8-7-9-15(23)12-14/h7-9,12,16-18,23H,2-6,10-11H2,1H3,(H,22,25). The lowest BCUT2D eigenvalue weighted by Gasteiger charge is -2.31. The number of amides is 2. The summed E-state index contributed by atoms with van der Waals surface area (Å²) in [5.41, 5.74) is 1.10. The van der Waals surface area contributed by atoms with Gasteiger partial charge in [-0.05, 0) is 50.3 Å². The van der Waals surface area contributed by atoms with E-state index in [1.165, 1.54) is 19.3 Å². The summed E-state index contributed by atoms with van der Waals surface area (Å²) in [5.74, 6) is -0.950. The minimum Gasteiger partial charge on any atom is -0.508 e. The molecule has 0 aromatic heterocycles. The maximum atomic E-state index is 12.9. The van der Waals surface area contributed by atoms with E-state index in [0.29, 0.717) is 11.3 Å². The Morgan fingerprint density at radius 3 is 2.58 bits per heavy atom. The van der Waals surface area contributed by atoms with E-state index in [4.69, 9.17) is 4.74 Å². The van der Waals surface area contributed by atoms with E-state index in [-0.39, 0.29) is 17.8 Å². The highest BCUT2D eigenvalue weighted by atomic mass is 16.5. The van der Waals surface area contributed by atoms with Crippen LogP contribution in [0.1, 0.15) is 63.5 Å². The predicted octanol–water partition coefficient (Wildman–Crippen LogP) is 3.89. The molecule has 1 heterocycles. The average molecular weight is 358 g/mol. The van der Waals surface area contributed by atoms with E-state index in [2.05, 4.69) is 10.3 Å². The molecule has 2 amide bonds. The van der Waals surface area contributed by atoms with Crippen LogP contribution in [0.4, 0.5) is 4.79 Å². The number of benzene rings is 1. The van der Waals surface area contributed by atoms with Crippen molar-refractivity contribution in [1.82, 2.24) is 5.32 Å². The van der Waals surface area contributed by atoms with Crippen LogP contribution in [0, 0.1) is 5.92 Å². The van der Waals surface area contributed by atoms with Gasteiger partial charge in [-0.1, -0.05) is 31.4 Å². The van der Waals surface area contributed by atoms with Crippen molar-refractivity contribution in [2.24, 2.45) is 10.9 Å². The average Bonchev–Trinajstić information content (AvgIpc) is 2.56. The number of aliphatic imine (C=N–C) groups is 1. The summed E-state index contributed by atoms with van der Waals surface area (Å²) in [5, 5.41) is 12.5. The molecule has 2 aliphatic rings. The first kappa shape index (κ1) is 18.4. The van der Waals surface area contributed by atoms with Crippen LogP contribution in [0.5, 0.6) is 5.75 Å². The van der Waals surface area contributed by atoms with E-state index in [1.807, 2.05) is 0 Å². The molecule has 1 aromatic carbocycles. The molecule has 3 rings (SSSR count). The van der Waals surface area contributed by atoms with E-state index in [9.17, 15) is 14.7 Å². The van der Waals surface area contributed by atoms with Crippen molar-refractivity contribution in [2.75, 3.05) is 0 Å². The summed E-state index contributed by atoms with van der Waals surface area (Å²) in [6.07, 6.45) is 7.46. The van der Waals surface area contributed by atoms with Crippen LogP contribution in [0.15, 0.2) is 29.3 Å². The van der Waals surface area contributed by atoms with Crippen LogP contribution in [-0.4, -0.2) is 28.9 Å². The molecular formula is C20H26N2O4. The van der Waals surface area contributed by atoms with Crippen molar-refractivity contribution in [3.63, 3.8) is 0 Å². The Morgan fingerprint density at radius 1 is 1.19 bits per heavy atom. The fourth-order valence-electron chi connectivity index (χ4n) is 3.79. The van der Waals surface area contributed by atoms with Crippen LogP contribution in [0.3, 0.4) is 0 Å². The lowest BCUT2D eigenvalue weighted by molar-refractivity contribution is -0.153. The minimum absolute atomic E-state index is 0.0712. The number of aromatic hydroxyl groups is 1. The number of urea groups is 1. The van der Waals surface area contributed by atoms with Crippen LogP contribution in [0.2, 0.25) is 0 Å². The summed E-state index contributed by atoms with van der Waals surface area (Å²) in [6, 6.07) is 5.50. The number of nitrogens with zero attached hydrogens (tertiary/aromatic N) is 1. The van der Waals surface area contributed by atoms with Gasteiger partial charge in [0.15, 0.2) is 0 Å². The molecule has 1 saturated carbocycles. The molecule has 2 unspecified atom stereocenters.